The molecule has 2 amide bonds. The maximum absolute atomic E-state index is 12.7. The van der Waals surface area contributed by atoms with Crippen LogP contribution in [-0.2, 0) is 14.4 Å². The van der Waals surface area contributed by atoms with Gasteiger partial charge >= 0.3 is 5.97 Å². The Kier molecular flexibility index (Phi) is 8.94. The number of anilines is 1. The Morgan fingerprint density at radius 1 is 0.963 bits per heavy atom. The molecule has 3 atom stereocenters. The Morgan fingerprint density at radius 3 is 2.04 bits per heavy atom. The van der Waals surface area contributed by atoms with E-state index >= 15 is 0 Å². The Balaban J connectivity index is 2.87. The Morgan fingerprint density at radius 2 is 1.56 bits per heavy atom. The van der Waals surface area contributed by atoms with Crippen LogP contribution in [0.4, 0.5) is 5.69 Å². The fourth-order valence-electron chi connectivity index (χ4n) is 2.63. The first-order valence-corrected chi connectivity index (χ1v) is 9.27. The smallest absolute Gasteiger partial charge is 0.320 e. The maximum Gasteiger partial charge on any atom is 0.320 e. The van der Waals surface area contributed by atoms with Crippen LogP contribution in [-0.4, -0.2) is 41.0 Å². The maximum atomic E-state index is 12.7. The zero-order chi connectivity index (χ0) is 20.6. The van der Waals surface area contributed by atoms with Crippen LogP contribution < -0.4 is 16.0 Å². The number of nitrogens with one attached hydrogen (secondary N) is 3. The highest BCUT2D eigenvalue weighted by Gasteiger charge is 2.30. The molecule has 0 aliphatic heterocycles. The summed E-state index contributed by atoms with van der Waals surface area (Å²) in [6.45, 7) is 9.08. The van der Waals surface area contributed by atoms with Gasteiger partial charge in [0.15, 0.2) is 0 Å². The highest BCUT2D eigenvalue weighted by molar-refractivity contribution is 5.98. The SMILES string of the molecule is CC(C)C[C@H](NC(=O)[C@@H](NC(C)C(=O)O)C(C)C)C(=O)Nc1ccccc1. The highest BCUT2D eigenvalue weighted by atomic mass is 16.4. The molecule has 150 valence electrons. The molecule has 27 heavy (non-hydrogen) atoms. The van der Waals surface area contributed by atoms with Crippen LogP contribution in [0.1, 0.15) is 41.0 Å². The number of carboxylic acids is 1. The number of carbonyl (C=O) groups is 3. The Bertz CT molecular complexity index is 631. The van der Waals surface area contributed by atoms with E-state index in [-0.39, 0.29) is 23.7 Å². The van der Waals surface area contributed by atoms with Crippen molar-refractivity contribution in [2.24, 2.45) is 11.8 Å². The van der Waals surface area contributed by atoms with Crippen LogP contribution in [0.5, 0.6) is 0 Å². The van der Waals surface area contributed by atoms with Gasteiger partial charge in [-0.2, -0.15) is 0 Å². The van der Waals surface area contributed by atoms with Gasteiger partial charge < -0.3 is 15.7 Å². The zero-order valence-electron chi connectivity index (χ0n) is 16.7. The number of hydrogen-bond donors (Lipinski definition) is 4. The molecule has 0 spiro atoms. The quantitative estimate of drug-likeness (QED) is 0.500. The number of aliphatic carboxylic acids is 1. The lowest BCUT2D eigenvalue weighted by molar-refractivity contribution is -0.139. The summed E-state index contributed by atoms with van der Waals surface area (Å²) in [6, 6.07) is 6.75. The number of carbonyl (C=O) groups excluding carboxylic acids is 2. The summed E-state index contributed by atoms with van der Waals surface area (Å²) in [5.41, 5.74) is 0.656. The lowest BCUT2D eigenvalue weighted by atomic mass is 9.99. The lowest BCUT2D eigenvalue weighted by Crippen LogP contribution is -2.56. The van der Waals surface area contributed by atoms with E-state index in [2.05, 4.69) is 16.0 Å². The predicted molar refractivity (Wildman–Crippen MR) is 105 cm³/mol. The summed E-state index contributed by atoms with van der Waals surface area (Å²) in [4.78, 5) is 36.5. The molecule has 1 rings (SSSR count). The highest BCUT2D eigenvalue weighted by Crippen LogP contribution is 2.12. The predicted octanol–water partition coefficient (Wildman–Crippen LogP) is 2.24. The second-order valence-electron chi connectivity index (χ2n) is 7.49. The molecule has 1 aromatic carbocycles. The van der Waals surface area contributed by atoms with E-state index in [1.54, 1.807) is 12.1 Å². The fraction of sp³-hybridized carbons (Fsp3) is 0.550. The molecule has 0 radical (unpaired) electrons. The molecule has 7 heteroatoms. The fourth-order valence-corrected chi connectivity index (χ4v) is 2.63. The zero-order valence-corrected chi connectivity index (χ0v) is 16.7. The van der Waals surface area contributed by atoms with Gasteiger partial charge in [-0.1, -0.05) is 45.9 Å². The third kappa shape index (κ3) is 7.78. The van der Waals surface area contributed by atoms with Gasteiger partial charge in [-0.25, -0.2) is 0 Å². The minimum absolute atomic E-state index is 0.135. The molecule has 1 unspecified atom stereocenters. The largest absolute Gasteiger partial charge is 0.480 e. The van der Waals surface area contributed by atoms with Gasteiger partial charge in [-0.15, -0.1) is 0 Å². The van der Waals surface area contributed by atoms with Gasteiger partial charge in [0.05, 0.1) is 6.04 Å². The van der Waals surface area contributed by atoms with E-state index in [1.807, 2.05) is 45.9 Å². The molecule has 0 aromatic heterocycles. The average Bonchev–Trinajstić information content (AvgIpc) is 2.58. The van der Waals surface area contributed by atoms with Crippen molar-refractivity contribution in [3.8, 4) is 0 Å². The number of carboxylic acid groups (broad SMARTS) is 1. The second kappa shape index (κ2) is 10.7. The molecular weight excluding hydrogens is 346 g/mol. The molecule has 0 bridgehead atoms. The van der Waals surface area contributed by atoms with Crippen LogP contribution in [0.2, 0.25) is 0 Å². The molecule has 0 aliphatic rings. The summed E-state index contributed by atoms with van der Waals surface area (Å²) >= 11 is 0. The minimum Gasteiger partial charge on any atom is -0.480 e. The van der Waals surface area contributed by atoms with Crippen molar-refractivity contribution in [2.75, 3.05) is 5.32 Å². The van der Waals surface area contributed by atoms with Crippen LogP contribution >= 0.6 is 0 Å². The second-order valence-corrected chi connectivity index (χ2v) is 7.49. The van der Waals surface area contributed by atoms with Crippen molar-refractivity contribution in [1.82, 2.24) is 10.6 Å². The molecule has 0 heterocycles. The topological polar surface area (TPSA) is 108 Å². The number of hydrogen-bond acceptors (Lipinski definition) is 4. The van der Waals surface area contributed by atoms with Crippen molar-refractivity contribution in [3.05, 3.63) is 30.3 Å². The van der Waals surface area contributed by atoms with E-state index in [0.717, 1.165) is 0 Å². The molecular formula is C20H31N3O4. The van der Waals surface area contributed by atoms with E-state index < -0.39 is 24.1 Å². The van der Waals surface area contributed by atoms with Crippen molar-refractivity contribution < 1.29 is 19.5 Å². The van der Waals surface area contributed by atoms with Gasteiger partial charge in [0.25, 0.3) is 0 Å². The number of amides is 2. The van der Waals surface area contributed by atoms with Crippen molar-refractivity contribution in [1.29, 1.82) is 0 Å². The lowest BCUT2D eigenvalue weighted by Gasteiger charge is -2.27. The summed E-state index contributed by atoms with van der Waals surface area (Å²) in [6.07, 6.45) is 0.476. The van der Waals surface area contributed by atoms with E-state index in [4.69, 9.17) is 5.11 Å². The number of para-hydroxylation sites is 1. The van der Waals surface area contributed by atoms with Crippen LogP contribution in [0.15, 0.2) is 30.3 Å². The minimum atomic E-state index is -1.03. The van der Waals surface area contributed by atoms with Gasteiger partial charge in [0, 0.05) is 5.69 Å². The van der Waals surface area contributed by atoms with Crippen molar-refractivity contribution >= 4 is 23.5 Å². The first-order chi connectivity index (χ1) is 12.6. The molecule has 0 aliphatic carbocycles. The summed E-state index contributed by atoms with van der Waals surface area (Å²) in [7, 11) is 0. The number of rotatable bonds is 10. The molecule has 7 nitrogen and oxygen atoms in total. The third-order valence-corrected chi connectivity index (χ3v) is 4.13. The Hall–Kier alpha value is -2.41. The molecule has 0 fully saturated rings. The van der Waals surface area contributed by atoms with Gasteiger partial charge in [0.1, 0.15) is 12.1 Å². The van der Waals surface area contributed by atoms with E-state index in [0.29, 0.717) is 12.1 Å². The normalized spacial score (nSPS) is 14.5. The molecule has 1 aromatic rings. The Labute approximate surface area is 160 Å². The number of benzene rings is 1. The first kappa shape index (κ1) is 22.6. The molecule has 0 saturated carbocycles. The molecule has 0 saturated heterocycles. The van der Waals surface area contributed by atoms with E-state index in [1.165, 1.54) is 6.92 Å². The van der Waals surface area contributed by atoms with Gasteiger partial charge in [-0.05, 0) is 37.3 Å². The van der Waals surface area contributed by atoms with Gasteiger partial charge in [-0.3, -0.25) is 19.7 Å². The van der Waals surface area contributed by atoms with Crippen LogP contribution in [0.25, 0.3) is 0 Å². The first-order valence-electron chi connectivity index (χ1n) is 9.27. The molecule has 4 N–H and O–H groups in total. The standard InChI is InChI=1S/C20H31N3O4/c1-12(2)11-16(18(24)22-15-9-7-6-8-10-15)23-19(25)17(13(3)4)21-14(5)20(26)27/h6-10,12-14,16-17,21H,11H2,1-5H3,(H,22,24)(H,23,25)(H,26,27)/t14?,16-,17-/m0/s1. The van der Waals surface area contributed by atoms with E-state index in [9.17, 15) is 14.4 Å². The van der Waals surface area contributed by atoms with Crippen LogP contribution in [0.3, 0.4) is 0 Å². The summed E-state index contributed by atoms with van der Waals surface area (Å²) in [5.74, 6) is -1.65. The van der Waals surface area contributed by atoms with Crippen molar-refractivity contribution in [3.63, 3.8) is 0 Å². The average molecular weight is 377 g/mol. The third-order valence-electron chi connectivity index (χ3n) is 4.13. The summed E-state index contributed by atoms with van der Waals surface area (Å²) in [5, 5.41) is 17.5. The summed E-state index contributed by atoms with van der Waals surface area (Å²) < 4.78 is 0. The monoisotopic (exact) mass is 377 g/mol. The van der Waals surface area contributed by atoms with Crippen molar-refractivity contribution in [2.45, 2.75) is 59.2 Å². The van der Waals surface area contributed by atoms with Crippen LogP contribution in [0, 0.1) is 11.8 Å². The van der Waals surface area contributed by atoms with Gasteiger partial charge in [0.2, 0.25) is 11.8 Å².